The van der Waals surface area contributed by atoms with Crippen molar-refractivity contribution in [2.24, 2.45) is 0 Å². The maximum absolute atomic E-state index is 12.2. The molecule has 29 heavy (non-hydrogen) atoms. The molecule has 0 aliphatic heterocycles. The normalized spacial score (nSPS) is 14.3. The van der Waals surface area contributed by atoms with Crippen LogP contribution >= 0.6 is 7.82 Å². The Kier molecular flexibility index (Phi) is 15.1. The topological polar surface area (TPSA) is 152 Å². The lowest BCUT2D eigenvalue weighted by Gasteiger charge is -2.25. The first-order valence-corrected chi connectivity index (χ1v) is 10.4. The van der Waals surface area contributed by atoms with Crippen LogP contribution in [-0.2, 0) is 32.8 Å². The molecule has 172 valence electrons. The van der Waals surface area contributed by atoms with Gasteiger partial charge in [0.15, 0.2) is 0 Å². The number of hydrogen-bond acceptors (Lipinski definition) is 9. The zero-order valence-corrected chi connectivity index (χ0v) is 19.0. The number of likely N-dealkylation sites (N-methyl/N-ethyl adjacent to an activating group) is 1. The molecule has 0 spiro atoms. The molecule has 1 atom stereocenters. The lowest BCUT2D eigenvalue weighted by molar-refractivity contribution is -0.870. The van der Waals surface area contributed by atoms with Gasteiger partial charge in [-0.05, 0) is 39.7 Å². The first-order valence-electron chi connectivity index (χ1n) is 8.96. The van der Waals surface area contributed by atoms with Crippen LogP contribution in [0.1, 0.15) is 34.1 Å². The highest BCUT2D eigenvalue weighted by atomic mass is 31.2. The number of carboxylic acids is 2. The lowest BCUT2D eigenvalue weighted by atomic mass is 10.2. The van der Waals surface area contributed by atoms with Crippen LogP contribution in [0, 0.1) is 0 Å². The van der Waals surface area contributed by atoms with Crippen molar-refractivity contribution in [3.63, 3.8) is 0 Å². The fourth-order valence-corrected chi connectivity index (χ4v) is 2.63. The van der Waals surface area contributed by atoms with Crippen molar-refractivity contribution in [1.82, 2.24) is 0 Å². The van der Waals surface area contributed by atoms with Crippen LogP contribution in [0.15, 0.2) is 11.6 Å². The molecule has 0 fully saturated rings. The molecule has 2 N–H and O–H groups in total. The Labute approximate surface area is 172 Å². The van der Waals surface area contributed by atoms with Gasteiger partial charge in [-0.3, -0.25) is 9.05 Å². The van der Waals surface area contributed by atoms with E-state index >= 15 is 0 Å². The third kappa shape index (κ3) is 19.7. The number of nitrogens with zero attached hydrogens (tertiary/aromatic N) is 1. The summed E-state index contributed by atoms with van der Waals surface area (Å²) in [6.45, 7) is 7.61. The number of aliphatic hydroxyl groups excluding tert-OH is 1. The Hall–Kier alpha value is -1.33. The van der Waals surface area contributed by atoms with E-state index in [2.05, 4.69) is 0 Å². The fourth-order valence-electron chi connectivity index (χ4n) is 1.40. The summed E-state index contributed by atoms with van der Waals surface area (Å²) in [5.41, 5.74) is -0.417. The van der Waals surface area contributed by atoms with Gasteiger partial charge in [0.1, 0.15) is 13.2 Å². The molecule has 0 rings (SSSR count). The van der Waals surface area contributed by atoms with Crippen molar-refractivity contribution in [3.8, 4) is 0 Å². The second-order valence-corrected chi connectivity index (χ2v) is 8.95. The van der Waals surface area contributed by atoms with Gasteiger partial charge in [-0.1, -0.05) is 0 Å². The van der Waals surface area contributed by atoms with E-state index < -0.39 is 31.9 Å². The lowest BCUT2D eigenvalue weighted by Crippen LogP contribution is -2.37. The third-order valence-electron chi connectivity index (χ3n) is 2.62. The zero-order valence-electron chi connectivity index (χ0n) is 18.1. The molecule has 0 radical (unpaired) electrons. The third-order valence-corrected chi connectivity index (χ3v) is 4.07. The molecule has 0 amide bonds. The summed E-state index contributed by atoms with van der Waals surface area (Å²) in [6.07, 6.45) is -0.188. The van der Waals surface area contributed by atoms with Gasteiger partial charge in [0.2, 0.25) is 0 Å². The highest BCUT2D eigenvalue weighted by molar-refractivity contribution is 7.48. The summed E-state index contributed by atoms with van der Waals surface area (Å²) >= 11 is 0. The first kappa shape index (κ1) is 29.9. The largest absolute Gasteiger partial charge is 0.545 e. The smallest absolute Gasteiger partial charge is 0.502 e. The number of phosphoric ester groups is 1. The highest BCUT2D eigenvalue weighted by Crippen LogP contribution is 2.50. The fraction of sp³-hybridized carbons (Fsp3) is 0.765. The minimum atomic E-state index is -3.65. The van der Waals surface area contributed by atoms with Crippen LogP contribution in [0.2, 0.25) is 0 Å². The average molecular weight is 443 g/mol. The second kappa shape index (κ2) is 14.6. The van der Waals surface area contributed by atoms with Crippen molar-refractivity contribution < 1.29 is 52.6 Å². The Morgan fingerprint density at radius 2 is 1.69 bits per heavy atom. The van der Waals surface area contributed by atoms with Crippen LogP contribution in [0.3, 0.4) is 0 Å². The Balaban J connectivity index is 0. The van der Waals surface area contributed by atoms with Crippen LogP contribution < -0.4 is 5.11 Å². The summed E-state index contributed by atoms with van der Waals surface area (Å²) < 4.78 is 28.2. The summed E-state index contributed by atoms with van der Waals surface area (Å²) in [7, 11) is 2.40. The van der Waals surface area contributed by atoms with Crippen molar-refractivity contribution in [2.75, 3.05) is 40.9 Å². The van der Waals surface area contributed by atoms with Crippen LogP contribution in [0.25, 0.3) is 0 Å². The number of phosphoric acid groups is 1. The van der Waals surface area contributed by atoms with Crippen molar-refractivity contribution in [2.45, 2.75) is 46.3 Å². The summed E-state index contributed by atoms with van der Waals surface area (Å²) in [5.74, 6) is -2.93. The molecule has 0 aliphatic carbocycles. The van der Waals surface area contributed by atoms with Gasteiger partial charge in [-0.25, -0.2) is 14.2 Å². The zero-order chi connectivity index (χ0) is 23.3. The number of carboxylic acid groups (broad SMARTS) is 2. The van der Waals surface area contributed by atoms with Gasteiger partial charge in [0.05, 0.1) is 39.3 Å². The predicted molar refractivity (Wildman–Crippen MR) is 102 cm³/mol. The highest BCUT2D eigenvalue weighted by Gasteiger charge is 2.31. The number of quaternary nitrogens is 1. The van der Waals surface area contributed by atoms with E-state index in [-0.39, 0.29) is 25.2 Å². The van der Waals surface area contributed by atoms with Crippen LogP contribution in [0.5, 0.6) is 0 Å². The average Bonchev–Trinajstić information content (AvgIpc) is 2.51. The Morgan fingerprint density at radius 1 is 1.14 bits per heavy atom. The van der Waals surface area contributed by atoms with E-state index in [0.717, 1.165) is 0 Å². The molecule has 0 bridgehead atoms. The number of carbonyl (C=O) groups excluding carboxylic acids is 1. The van der Waals surface area contributed by atoms with E-state index in [9.17, 15) is 19.3 Å². The van der Waals surface area contributed by atoms with Gasteiger partial charge in [0, 0.05) is 12.7 Å². The Morgan fingerprint density at radius 3 is 2.03 bits per heavy atom. The molecule has 1 unspecified atom stereocenters. The summed E-state index contributed by atoms with van der Waals surface area (Å²) in [4.78, 5) is 24.9. The summed E-state index contributed by atoms with van der Waals surface area (Å²) in [6, 6.07) is 0. The van der Waals surface area contributed by atoms with Gasteiger partial charge < -0.3 is 24.6 Å². The van der Waals surface area contributed by atoms with E-state index in [1.165, 1.54) is 0 Å². The van der Waals surface area contributed by atoms with E-state index in [1.54, 1.807) is 27.7 Å². The molecule has 11 nitrogen and oxygen atoms in total. The second-order valence-electron chi connectivity index (χ2n) is 7.44. The minimum absolute atomic E-state index is 0.212. The van der Waals surface area contributed by atoms with Crippen molar-refractivity contribution in [3.05, 3.63) is 11.6 Å². The minimum Gasteiger partial charge on any atom is -0.545 e. The molecule has 12 heteroatoms. The SMILES string of the molecule is CC(C)OOP(=O)(OCC[N+](C)(C)C)OC(C)C.O=C(O)/C=C(\CCO)C(=O)[O-]. The van der Waals surface area contributed by atoms with Gasteiger partial charge in [-0.15, -0.1) is 4.67 Å². The number of hydrogen-bond donors (Lipinski definition) is 2. The number of rotatable bonds is 13. The van der Waals surface area contributed by atoms with Gasteiger partial charge in [-0.2, -0.15) is 0 Å². The standard InChI is InChI=1S/C11H27NO5P.C6H8O5/c1-10(2)15-17-18(13,16-11(3)4)14-9-8-12(5,6)7;7-2-1-4(6(10)11)3-5(8)9/h10-11H,8-9H2,1-7H3;3,7H,1-2H2,(H,8,9)(H,10,11)/q+1;/p-1/b;4-3+. The number of aliphatic hydroxyl groups is 1. The first-order chi connectivity index (χ1) is 13.1. The van der Waals surface area contributed by atoms with Crippen molar-refractivity contribution >= 4 is 19.8 Å². The predicted octanol–water partition coefficient (Wildman–Crippen LogP) is 0.729. The van der Waals surface area contributed by atoms with Crippen LogP contribution in [0.4, 0.5) is 0 Å². The molecule has 0 heterocycles. The van der Waals surface area contributed by atoms with E-state index in [0.29, 0.717) is 17.1 Å². The van der Waals surface area contributed by atoms with E-state index in [1.807, 2.05) is 21.1 Å². The monoisotopic (exact) mass is 443 g/mol. The maximum Gasteiger partial charge on any atom is 0.502 e. The molecular formula is C17H34NO10P. The molecule has 0 aromatic carbocycles. The molecule has 0 aromatic heterocycles. The quantitative estimate of drug-likeness (QED) is 0.137. The molecular weight excluding hydrogens is 409 g/mol. The van der Waals surface area contributed by atoms with Gasteiger partial charge >= 0.3 is 13.8 Å². The molecule has 0 saturated heterocycles. The van der Waals surface area contributed by atoms with Gasteiger partial charge in [0.25, 0.3) is 0 Å². The maximum atomic E-state index is 12.2. The van der Waals surface area contributed by atoms with Crippen molar-refractivity contribution in [1.29, 1.82) is 0 Å². The number of carbonyl (C=O) groups is 2. The van der Waals surface area contributed by atoms with Crippen LogP contribution in [-0.4, -0.2) is 79.7 Å². The molecule has 0 aliphatic rings. The van der Waals surface area contributed by atoms with E-state index in [4.69, 9.17) is 28.8 Å². The Bertz CT molecular complexity index is 569. The molecule has 0 saturated carbocycles. The number of aliphatic carboxylic acids is 2. The molecule has 0 aromatic rings. The summed E-state index contributed by atoms with van der Waals surface area (Å²) in [5, 5.41) is 26.5.